The van der Waals surface area contributed by atoms with Crippen LogP contribution in [-0.4, -0.2) is 30.2 Å². The van der Waals surface area contributed by atoms with Gasteiger partial charge >= 0.3 is 0 Å². The first-order valence-electron chi connectivity index (χ1n) is 7.90. The highest BCUT2D eigenvalue weighted by molar-refractivity contribution is 5.48. The van der Waals surface area contributed by atoms with Gasteiger partial charge in [0.2, 0.25) is 0 Å². The van der Waals surface area contributed by atoms with E-state index < -0.39 is 0 Å². The second-order valence-electron chi connectivity index (χ2n) is 5.93. The van der Waals surface area contributed by atoms with Gasteiger partial charge in [-0.25, -0.2) is 0 Å². The first-order valence-corrected chi connectivity index (χ1v) is 7.90. The van der Waals surface area contributed by atoms with E-state index in [1.165, 1.54) is 24.0 Å². The van der Waals surface area contributed by atoms with Crippen LogP contribution in [0.5, 0.6) is 11.5 Å². The molecule has 0 spiro atoms. The van der Waals surface area contributed by atoms with Crippen molar-refractivity contribution in [3.05, 3.63) is 23.3 Å². The van der Waals surface area contributed by atoms with Gasteiger partial charge in [-0.1, -0.05) is 6.92 Å². The topological polar surface area (TPSA) is 21.7 Å². The number of benzene rings is 1. The largest absolute Gasteiger partial charge is 0.494 e. The number of rotatable bonds is 6. The number of fused-ring (bicyclic) bond motifs is 1. The van der Waals surface area contributed by atoms with Crippen LogP contribution in [0.4, 0.5) is 0 Å². The fraction of sp³-hybridized carbons (Fsp3) is 0.647. The molecule has 1 saturated carbocycles. The van der Waals surface area contributed by atoms with Crippen LogP contribution in [-0.2, 0) is 13.0 Å². The van der Waals surface area contributed by atoms with Gasteiger partial charge in [0.05, 0.1) is 6.61 Å². The Hall–Kier alpha value is -1.22. The fourth-order valence-electron chi connectivity index (χ4n) is 3.05. The summed E-state index contributed by atoms with van der Waals surface area (Å²) in [5.41, 5.74) is 2.56. The first kappa shape index (κ1) is 13.7. The summed E-state index contributed by atoms with van der Waals surface area (Å²) in [4.78, 5) is 2.54. The molecule has 3 nitrogen and oxygen atoms in total. The quantitative estimate of drug-likeness (QED) is 0.794. The molecule has 1 atom stereocenters. The van der Waals surface area contributed by atoms with E-state index in [9.17, 15) is 0 Å². The second-order valence-corrected chi connectivity index (χ2v) is 5.93. The molecule has 20 heavy (non-hydrogen) atoms. The Bertz CT molecular complexity index is 482. The highest BCUT2D eigenvalue weighted by atomic mass is 16.5. The van der Waals surface area contributed by atoms with Gasteiger partial charge in [0.1, 0.15) is 17.6 Å². The first-order chi connectivity index (χ1) is 9.71. The molecule has 0 saturated heterocycles. The van der Waals surface area contributed by atoms with Gasteiger partial charge < -0.3 is 9.47 Å². The molecule has 1 aromatic carbocycles. The average molecular weight is 275 g/mol. The van der Waals surface area contributed by atoms with Crippen LogP contribution in [0, 0.1) is 0 Å². The molecule has 0 aromatic heterocycles. The number of ether oxygens (including phenoxy) is 2. The van der Waals surface area contributed by atoms with Crippen molar-refractivity contribution >= 4 is 0 Å². The van der Waals surface area contributed by atoms with Crippen molar-refractivity contribution in [3.8, 4) is 11.5 Å². The highest BCUT2D eigenvalue weighted by Crippen LogP contribution is 2.37. The molecule has 1 aromatic rings. The smallest absolute Gasteiger partial charge is 0.124 e. The lowest BCUT2D eigenvalue weighted by molar-refractivity contribution is 0.249. The average Bonchev–Trinajstić information content (AvgIpc) is 3.19. The lowest BCUT2D eigenvalue weighted by Crippen LogP contribution is -2.25. The molecule has 3 rings (SSSR count). The summed E-state index contributed by atoms with van der Waals surface area (Å²) >= 11 is 0. The third-order valence-electron chi connectivity index (χ3n) is 4.22. The van der Waals surface area contributed by atoms with Crippen LogP contribution >= 0.6 is 0 Å². The summed E-state index contributed by atoms with van der Waals surface area (Å²) in [7, 11) is 0. The van der Waals surface area contributed by atoms with Gasteiger partial charge in [-0.15, -0.1) is 0 Å². The predicted molar refractivity (Wildman–Crippen MR) is 80.5 cm³/mol. The maximum atomic E-state index is 5.90. The summed E-state index contributed by atoms with van der Waals surface area (Å²) < 4.78 is 11.8. The van der Waals surface area contributed by atoms with Crippen molar-refractivity contribution in [2.75, 3.05) is 13.2 Å². The molecule has 110 valence electrons. The molecule has 1 unspecified atom stereocenters. The zero-order chi connectivity index (χ0) is 14.1. The van der Waals surface area contributed by atoms with Crippen LogP contribution in [0.15, 0.2) is 12.1 Å². The van der Waals surface area contributed by atoms with Crippen LogP contribution in [0.3, 0.4) is 0 Å². The van der Waals surface area contributed by atoms with Crippen molar-refractivity contribution in [2.45, 2.75) is 58.7 Å². The zero-order valence-electron chi connectivity index (χ0n) is 12.8. The van der Waals surface area contributed by atoms with Crippen molar-refractivity contribution in [3.63, 3.8) is 0 Å². The molecule has 2 aliphatic rings. The SMILES string of the molecule is CCOc1cc2c(cc1CN(CC)C1CC1)OC(C)C2. The van der Waals surface area contributed by atoms with Crippen LogP contribution in [0.1, 0.15) is 44.7 Å². The highest BCUT2D eigenvalue weighted by Gasteiger charge is 2.29. The minimum Gasteiger partial charge on any atom is -0.494 e. The Balaban J connectivity index is 1.85. The molecule has 1 heterocycles. The lowest BCUT2D eigenvalue weighted by Gasteiger charge is -2.22. The summed E-state index contributed by atoms with van der Waals surface area (Å²) in [6.07, 6.45) is 3.97. The molecule has 1 aliphatic heterocycles. The van der Waals surface area contributed by atoms with E-state index in [1.807, 2.05) is 0 Å². The number of hydrogen-bond acceptors (Lipinski definition) is 3. The van der Waals surface area contributed by atoms with Crippen LogP contribution < -0.4 is 9.47 Å². The van der Waals surface area contributed by atoms with E-state index in [0.29, 0.717) is 6.10 Å². The molecular weight excluding hydrogens is 250 g/mol. The summed E-state index contributed by atoms with van der Waals surface area (Å²) in [6, 6.07) is 5.18. The molecule has 1 aliphatic carbocycles. The normalized spacial score (nSPS) is 20.9. The molecular formula is C17H25NO2. The third kappa shape index (κ3) is 2.78. The summed E-state index contributed by atoms with van der Waals surface area (Å²) in [6.45, 7) is 9.21. The third-order valence-corrected chi connectivity index (χ3v) is 4.22. The maximum Gasteiger partial charge on any atom is 0.124 e. The van der Waals surface area contributed by atoms with Crippen molar-refractivity contribution in [2.24, 2.45) is 0 Å². The predicted octanol–water partition coefficient (Wildman–Crippen LogP) is 3.39. The number of nitrogens with zero attached hydrogens (tertiary/aromatic N) is 1. The second kappa shape index (κ2) is 5.65. The fourth-order valence-corrected chi connectivity index (χ4v) is 3.05. The van der Waals surface area contributed by atoms with Gasteiger partial charge in [-0.3, -0.25) is 4.90 Å². The van der Waals surface area contributed by atoms with E-state index in [0.717, 1.165) is 43.7 Å². The molecule has 0 N–H and O–H groups in total. The van der Waals surface area contributed by atoms with Crippen molar-refractivity contribution in [1.29, 1.82) is 0 Å². The van der Waals surface area contributed by atoms with E-state index in [1.54, 1.807) is 0 Å². The maximum absolute atomic E-state index is 5.90. The van der Waals surface area contributed by atoms with E-state index in [2.05, 4.69) is 37.8 Å². The molecule has 0 bridgehead atoms. The van der Waals surface area contributed by atoms with Gasteiger partial charge in [-0.05, 0) is 45.4 Å². The van der Waals surface area contributed by atoms with Crippen molar-refractivity contribution in [1.82, 2.24) is 4.90 Å². The number of hydrogen-bond donors (Lipinski definition) is 0. The molecule has 0 radical (unpaired) electrons. The van der Waals surface area contributed by atoms with Gasteiger partial charge in [-0.2, -0.15) is 0 Å². The van der Waals surface area contributed by atoms with E-state index in [4.69, 9.17) is 9.47 Å². The van der Waals surface area contributed by atoms with Crippen LogP contribution in [0.2, 0.25) is 0 Å². The molecule has 1 fully saturated rings. The van der Waals surface area contributed by atoms with E-state index >= 15 is 0 Å². The Morgan fingerprint density at radius 2 is 2.10 bits per heavy atom. The Morgan fingerprint density at radius 3 is 2.75 bits per heavy atom. The standard InChI is InChI=1S/C17H25NO2/c1-4-18(15-6-7-15)11-14-10-17-13(8-12(3)20-17)9-16(14)19-5-2/h9-10,12,15H,4-8,11H2,1-3H3. The molecule has 0 amide bonds. The van der Waals surface area contributed by atoms with Crippen LogP contribution in [0.25, 0.3) is 0 Å². The Morgan fingerprint density at radius 1 is 1.30 bits per heavy atom. The van der Waals surface area contributed by atoms with Gasteiger partial charge in [0.25, 0.3) is 0 Å². The summed E-state index contributed by atoms with van der Waals surface area (Å²) in [5, 5.41) is 0. The minimum atomic E-state index is 0.292. The Kier molecular flexibility index (Phi) is 3.88. The zero-order valence-corrected chi connectivity index (χ0v) is 12.8. The van der Waals surface area contributed by atoms with E-state index in [-0.39, 0.29) is 0 Å². The van der Waals surface area contributed by atoms with Gasteiger partial charge in [0.15, 0.2) is 0 Å². The summed E-state index contributed by atoms with van der Waals surface area (Å²) in [5.74, 6) is 2.10. The minimum absolute atomic E-state index is 0.292. The molecule has 3 heteroatoms. The monoisotopic (exact) mass is 275 g/mol. The lowest BCUT2D eigenvalue weighted by atomic mass is 10.1. The Labute approximate surface area is 121 Å². The van der Waals surface area contributed by atoms with Crippen molar-refractivity contribution < 1.29 is 9.47 Å². The van der Waals surface area contributed by atoms with Gasteiger partial charge in [0, 0.05) is 30.1 Å².